The predicted octanol–water partition coefficient (Wildman–Crippen LogP) is 2.16. The molecule has 2 amide bonds. The number of hydrogen-bond acceptors (Lipinski definition) is 4. The zero-order valence-corrected chi connectivity index (χ0v) is 16.3. The lowest BCUT2D eigenvalue weighted by Gasteiger charge is -2.42. The van der Waals surface area contributed by atoms with Crippen molar-refractivity contribution in [1.82, 2.24) is 15.5 Å². The molecule has 1 aromatic carbocycles. The van der Waals surface area contributed by atoms with Gasteiger partial charge in [-0.3, -0.25) is 9.69 Å². The number of halogens is 1. The fourth-order valence-electron chi connectivity index (χ4n) is 3.87. The van der Waals surface area contributed by atoms with E-state index >= 15 is 0 Å². The van der Waals surface area contributed by atoms with Crippen LogP contribution in [0.5, 0.6) is 0 Å². The molecule has 8 heteroatoms. The minimum absolute atomic E-state index is 0.0570. The first kappa shape index (κ1) is 19.8. The number of likely N-dealkylation sites (N-methyl/N-ethyl adjacent to an activating group) is 1. The Balaban J connectivity index is 1.39. The van der Waals surface area contributed by atoms with Gasteiger partial charge in [0, 0.05) is 41.9 Å². The topological polar surface area (TPSA) is 84.9 Å². The van der Waals surface area contributed by atoms with Crippen LogP contribution in [0.25, 0.3) is 0 Å². The number of carbonyl (C=O) groups is 2. The molecule has 2 fully saturated rings. The van der Waals surface area contributed by atoms with Crippen molar-refractivity contribution in [2.45, 2.75) is 44.3 Å². The third-order valence-corrected chi connectivity index (χ3v) is 5.64. The van der Waals surface area contributed by atoms with Gasteiger partial charge in [-0.05, 0) is 44.0 Å². The number of carbonyl (C=O) groups excluding carboxylic acids is 1. The molecule has 0 spiro atoms. The van der Waals surface area contributed by atoms with Crippen molar-refractivity contribution < 1.29 is 14.7 Å². The molecule has 7 nitrogen and oxygen atoms in total. The Labute approximate surface area is 164 Å². The zero-order valence-electron chi connectivity index (χ0n) is 15.5. The molecule has 0 radical (unpaired) electrons. The molecule has 0 bridgehead atoms. The molecule has 3 N–H and O–H groups in total. The van der Waals surface area contributed by atoms with Crippen LogP contribution in [0, 0.1) is 0 Å². The van der Waals surface area contributed by atoms with E-state index in [9.17, 15) is 9.59 Å². The fourth-order valence-corrected chi connectivity index (χ4v) is 4.06. The maximum absolute atomic E-state index is 12.3. The van der Waals surface area contributed by atoms with E-state index in [1.54, 1.807) is 0 Å². The van der Waals surface area contributed by atoms with Crippen LogP contribution in [0.15, 0.2) is 24.3 Å². The Hall–Kier alpha value is -1.99. The van der Waals surface area contributed by atoms with Crippen molar-refractivity contribution in [2.24, 2.45) is 0 Å². The summed E-state index contributed by atoms with van der Waals surface area (Å²) in [5.41, 5.74) is 1.08. The molecule has 2 aliphatic rings. The molecule has 1 aromatic rings. The first-order valence-corrected chi connectivity index (χ1v) is 9.85. The van der Waals surface area contributed by atoms with E-state index in [2.05, 4.69) is 15.5 Å². The van der Waals surface area contributed by atoms with Crippen molar-refractivity contribution in [3.63, 3.8) is 0 Å². The summed E-state index contributed by atoms with van der Waals surface area (Å²) in [6.07, 6.45) is 2.50. The van der Waals surface area contributed by atoms with Crippen LogP contribution in [-0.2, 0) is 4.79 Å². The largest absolute Gasteiger partial charge is 0.480 e. The van der Waals surface area contributed by atoms with E-state index in [1.807, 2.05) is 36.1 Å². The molecular weight excluding hydrogens is 368 g/mol. The Morgan fingerprint density at radius 1 is 1.30 bits per heavy atom. The number of carboxylic acids is 1. The van der Waals surface area contributed by atoms with Gasteiger partial charge in [0.25, 0.3) is 0 Å². The van der Waals surface area contributed by atoms with Crippen LogP contribution in [-0.4, -0.2) is 66.3 Å². The number of amides is 2. The summed E-state index contributed by atoms with van der Waals surface area (Å²) in [7, 11) is 0. The Kier molecular flexibility index (Phi) is 6.44. The number of hydrogen-bond donors (Lipinski definition) is 3. The second kappa shape index (κ2) is 8.80. The highest BCUT2D eigenvalue weighted by Crippen LogP contribution is 2.26. The van der Waals surface area contributed by atoms with Crippen molar-refractivity contribution in [2.75, 3.05) is 31.1 Å². The quantitative estimate of drug-likeness (QED) is 0.660. The summed E-state index contributed by atoms with van der Waals surface area (Å²) in [6.45, 7) is 4.38. The average molecular weight is 395 g/mol. The van der Waals surface area contributed by atoms with Gasteiger partial charge < -0.3 is 20.6 Å². The molecule has 1 aliphatic carbocycles. The number of aliphatic carboxylic acids is 1. The van der Waals surface area contributed by atoms with E-state index in [0.717, 1.165) is 38.0 Å². The van der Waals surface area contributed by atoms with Crippen molar-refractivity contribution in [1.29, 1.82) is 0 Å². The van der Waals surface area contributed by atoms with Gasteiger partial charge in [0.15, 0.2) is 0 Å². The fraction of sp³-hybridized carbons (Fsp3) is 0.579. The number of carboxylic acid groups (broad SMARTS) is 1. The molecule has 148 valence electrons. The van der Waals surface area contributed by atoms with Crippen molar-refractivity contribution in [3.05, 3.63) is 29.3 Å². The standard InChI is InChI=1S/C19H27ClN4O3/c1-2-23(12-18(25)26)17-9-15(10-17)22-19(27)21-14-6-7-24(11-14)16-5-3-4-13(20)8-16/h3-5,8,14-15,17H,2,6-7,9-12H2,1H3,(H,25,26)(H2,21,22,27). The van der Waals surface area contributed by atoms with Crippen LogP contribution in [0.1, 0.15) is 26.2 Å². The third kappa shape index (κ3) is 5.26. The van der Waals surface area contributed by atoms with E-state index < -0.39 is 5.97 Å². The first-order chi connectivity index (χ1) is 12.9. The molecule has 1 aliphatic heterocycles. The summed E-state index contributed by atoms with van der Waals surface area (Å²) in [4.78, 5) is 27.3. The lowest BCUT2D eigenvalue weighted by molar-refractivity contribution is -0.139. The highest BCUT2D eigenvalue weighted by Gasteiger charge is 2.35. The van der Waals surface area contributed by atoms with Gasteiger partial charge >= 0.3 is 12.0 Å². The van der Waals surface area contributed by atoms with Gasteiger partial charge in [0.1, 0.15) is 0 Å². The minimum Gasteiger partial charge on any atom is -0.480 e. The number of nitrogens with zero attached hydrogens (tertiary/aromatic N) is 2. The highest BCUT2D eigenvalue weighted by molar-refractivity contribution is 6.30. The number of nitrogens with one attached hydrogen (secondary N) is 2. The lowest BCUT2D eigenvalue weighted by Crippen LogP contribution is -2.57. The van der Waals surface area contributed by atoms with Gasteiger partial charge in [-0.15, -0.1) is 0 Å². The highest BCUT2D eigenvalue weighted by atomic mass is 35.5. The van der Waals surface area contributed by atoms with Gasteiger partial charge in [0.05, 0.1) is 6.54 Å². The molecule has 1 saturated carbocycles. The molecule has 1 unspecified atom stereocenters. The van der Waals surface area contributed by atoms with E-state index in [4.69, 9.17) is 16.7 Å². The Morgan fingerprint density at radius 3 is 2.70 bits per heavy atom. The molecule has 1 heterocycles. The van der Waals surface area contributed by atoms with Crippen molar-refractivity contribution in [3.8, 4) is 0 Å². The first-order valence-electron chi connectivity index (χ1n) is 9.48. The number of benzene rings is 1. The number of rotatable bonds is 7. The predicted molar refractivity (Wildman–Crippen MR) is 105 cm³/mol. The molecule has 3 rings (SSSR count). The summed E-state index contributed by atoms with van der Waals surface area (Å²) in [5, 5.41) is 15.7. The second-order valence-corrected chi connectivity index (χ2v) is 7.74. The van der Waals surface area contributed by atoms with Gasteiger partial charge in [-0.1, -0.05) is 24.6 Å². The third-order valence-electron chi connectivity index (χ3n) is 5.41. The Morgan fingerprint density at radius 2 is 2.04 bits per heavy atom. The lowest BCUT2D eigenvalue weighted by atomic mass is 9.85. The van der Waals surface area contributed by atoms with Gasteiger partial charge in [-0.2, -0.15) is 0 Å². The van der Waals surface area contributed by atoms with E-state index in [-0.39, 0.29) is 30.7 Å². The molecular formula is C19H27ClN4O3. The summed E-state index contributed by atoms with van der Waals surface area (Å²) in [5.74, 6) is -0.809. The second-order valence-electron chi connectivity index (χ2n) is 7.31. The molecule has 1 saturated heterocycles. The summed E-state index contributed by atoms with van der Waals surface area (Å²) < 4.78 is 0. The smallest absolute Gasteiger partial charge is 0.317 e. The molecule has 1 atom stereocenters. The monoisotopic (exact) mass is 394 g/mol. The number of anilines is 1. The molecule has 27 heavy (non-hydrogen) atoms. The van der Waals surface area contributed by atoms with Crippen LogP contribution in [0.2, 0.25) is 5.02 Å². The van der Waals surface area contributed by atoms with Crippen LogP contribution < -0.4 is 15.5 Å². The van der Waals surface area contributed by atoms with Gasteiger partial charge in [0.2, 0.25) is 0 Å². The van der Waals surface area contributed by atoms with Crippen LogP contribution >= 0.6 is 11.6 Å². The summed E-state index contributed by atoms with van der Waals surface area (Å²) >= 11 is 6.05. The van der Waals surface area contributed by atoms with Crippen molar-refractivity contribution >= 4 is 29.3 Å². The van der Waals surface area contributed by atoms with E-state index in [1.165, 1.54) is 0 Å². The average Bonchev–Trinajstić information content (AvgIpc) is 3.04. The van der Waals surface area contributed by atoms with E-state index in [0.29, 0.717) is 11.6 Å². The van der Waals surface area contributed by atoms with Gasteiger partial charge in [-0.25, -0.2) is 4.79 Å². The zero-order chi connectivity index (χ0) is 19.4. The molecule has 0 aromatic heterocycles. The minimum atomic E-state index is -0.809. The van der Waals surface area contributed by atoms with Crippen LogP contribution in [0.4, 0.5) is 10.5 Å². The van der Waals surface area contributed by atoms with Crippen LogP contribution in [0.3, 0.4) is 0 Å². The normalized spacial score (nSPS) is 24.6. The Bertz CT molecular complexity index is 681. The maximum Gasteiger partial charge on any atom is 0.317 e. The SMILES string of the molecule is CCN(CC(=O)O)C1CC(NC(=O)NC2CCN(c3cccc(Cl)c3)C2)C1. The summed E-state index contributed by atoms with van der Waals surface area (Å²) in [6, 6.07) is 8.07. The maximum atomic E-state index is 12.3. The number of urea groups is 1.